The number of halogens is 1. The first-order valence-corrected chi connectivity index (χ1v) is 6.76. The molecule has 1 aromatic carbocycles. The van der Waals surface area contributed by atoms with Gasteiger partial charge < -0.3 is 0 Å². The van der Waals surface area contributed by atoms with Gasteiger partial charge in [-0.3, -0.25) is 16.0 Å². The first kappa shape index (κ1) is 14.1. The summed E-state index contributed by atoms with van der Waals surface area (Å²) in [6.07, 6.45) is 0.804. The summed E-state index contributed by atoms with van der Waals surface area (Å²) in [5, 5.41) is 5.20. The third-order valence-corrected chi connectivity index (χ3v) is 3.40. The molecule has 0 radical (unpaired) electrons. The van der Waals surface area contributed by atoms with E-state index in [1.54, 1.807) is 0 Å². The van der Waals surface area contributed by atoms with E-state index < -0.39 is 0 Å². The molecule has 0 bridgehead atoms. The van der Waals surface area contributed by atoms with Crippen LogP contribution in [0.15, 0.2) is 30.3 Å². The smallest absolute Gasteiger partial charge is 0.0669 e. The molecule has 2 rings (SSSR count). The number of nitrogens with two attached hydrogens (primary N) is 1. The standard InChI is InChI=1S/C14H19ClN4/c1-3-19-14(8-10(2)18-19)13(17-16)9-11-4-6-12(15)7-5-11/h4-8,13,17H,3,9,16H2,1-2H3. The summed E-state index contributed by atoms with van der Waals surface area (Å²) in [5.74, 6) is 5.70. The van der Waals surface area contributed by atoms with Crippen LogP contribution in [0.4, 0.5) is 0 Å². The van der Waals surface area contributed by atoms with Gasteiger partial charge in [0, 0.05) is 11.6 Å². The van der Waals surface area contributed by atoms with Crippen LogP contribution in [0.3, 0.4) is 0 Å². The number of hydrogen-bond acceptors (Lipinski definition) is 3. The van der Waals surface area contributed by atoms with Crippen LogP contribution in [-0.4, -0.2) is 9.78 Å². The first-order valence-electron chi connectivity index (χ1n) is 6.39. The predicted octanol–water partition coefficient (Wildman–Crippen LogP) is 2.61. The molecule has 0 saturated heterocycles. The highest BCUT2D eigenvalue weighted by Gasteiger charge is 2.16. The maximum absolute atomic E-state index is 5.90. The van der Waals surface area contributed by atoms with E-state index in [9.17, 15) is 0 Å². The van der Waals surface area contributed by atoms with E-state index >= 15 is 0 Å². The van der Waals surface area contributed by atoms with E-state index in [1.165, 1.54) is 5.56 Å². The van der Waals surface area contributed by atoms with Gasteiger partial charge in [0.25, 0.3) is 0 Å². The van der Waals surface area contributed by atoms with Crippen LogP contribution >= 0.6 is 11.6 Å². The molecule has 5 heteroatoms. The van der Waals surface area contributed by atoms with Gasteiger partial charge in [0.15, 0.2) is 0 Å². The summed E-state index contributed by atoms with van der Waals surface area (Å²) in [6.45, 7) is 4.90. The fourth-order valence-corrected chi connectivity index (χ4v) is 2.33. The molecular formula is C14H19ClN4. The molecule has 4 nitrogen and oxygen atoms in total. The van der Waals surface area contributed by atoms with Crippen molar-refractivity contribution in [2.24, 2.45) is 5.84 Å². The average molecular weight is 279 g/mol. The molecule has 19 heavy (non-hydrogen) atoms. The Kier molecular flexibility index (Phi) is 4.58. The topological polar surface area (TPSA) is 55.9 Å². The molecule has 1 heterocycles. The normalized spacial score (nSPS) is 12.6. The van der Waals surface area contributed by atoms with Crippen molar-refractivity contribution in [2.75, 3.05) is 0 Å². The number of nitrogens with zero attached hydrogens (tertiary/aromatic N) is 2. The number of benzene rings is 1. The van der Waals surface area contributed by atoms with E-state index in [-0.39, 0.29) is 6.04 Å². The molecule has 0 fully saturated rings. The van der Waals surface area contributed by atoms with Gasteiger partial charge in [-0.15, -0.1) is 0 Å². The summed E-state index contributed by atoms with van der Waals surface area (Å²) < 4.78 is 1.98. The van der Waals surface area contributed by atoms with Crippen molar-refractivity contribution >= 4 is 11.6 Å². The van der Waals surface area contributed by atoms with Crippen molar-refractivity contribution in [3.63, 3.8) is 0 Å². The van der Waals surface area contributed by atoms with Gasteiger partial charge in [-0.2, -0.15) is 5.10 Å². The lowest BCUT2D eigenvalue weighted by Gasteiger charge is -2.17. The van der Waals surface area contributed by atoms with Gasteiger partial charge in [0.05, 0.1) is 17.4 Å². The fraction of sp³-hybridized carbons (Fsp3) is 0.357. The maximum Gasteiger partial charge on any atom is 0.0669 e. The SMILES string of the molecule is CCn1nc(C)cc1C(Cc1ccc(Cl)cc1)NN. The van der Waals surface area contributed by atoms with E-state index in [4.69, 9.17) is 17.4 Å². The lowest BCUT2D eigenvalue weighted by Crippen LogP contribution is -2.31. The highest BCUT2D eigenvalue weighted by atomic mass is 35.5. The number of hydrazine groups is 1. The van der Waals surface area contributed by atoms with E-state index in [2.05, 4.69) is 23.5 Å². The predicted molar refractivity (Wildman–Crippen MR) is 77.9 cm³/mol. The van der Waals surface area contributed by atoms with Gasteiger partial charge in [-0.1, -0.05) is 23.7 Å². The summed E-state index contributed by atoms with van der Waals surface area (Å²) in [6, 6.07) is 9.95. The number of nitrogens with one attached hydrogen (secondary N) is 1. The quantitative estimate of drug-likeness (QED) is 0.653. The minimum Gasteiger partial charge on any atom is -0.271 e. The summed E-state index contributed by atoms with van der Waals surface area (Å²) in [5.41, 5.74) is 6.18. The monoisotopic (exact) mass is 278 g/mol. The van der Waals surface area contributed by atoms with Crippen LogP contribution in [0.25, 0.3) is 0 Å². The Morgan fingerprint density at radius 1 is 1.37 bits per heavy atom. The Bertz CT molecular complexity index is 533. The van der Waals surface area contributed by atoms with E-state index in [1.807, 2.05) is 35.9 Å². The van der Waals surface area contributed by atoms with Crippen LogP contribution in [0.2, 0.25) is 5.02 Å². The van der Waals surface area contributed by atoms with Crippen molar-refractivity contribution < 1.29 is 0 Å². The zero-order valence-electron chi connectivity index (χ0n) is 11.2. The molecule has 1 atom stereocenters. The van der Waals surface area contributed by atoms with E-state index in [0.29, 0.717) is 0 Å². The highest BCUT2D eigenvalue weighted by molar-refractivity contribution is 6.30. The molecule has 0 aliphatic heterocycles. The molecule has 0 aliphatic carbocycles. The number of rotatable bonds is 5. The number of hydrogen-bond donors (Lipinski definition) is 2. The second-order valence-electron chi connectivity index (χ2n) is 4.58. The summed E-state index contributed by atoms with van der Waals surface area (Å²) in [7, 11) is 0. The molecule has 1 aromatic heterocycles. The highest BCUT2D eigenvalue weighted by Crippen LogP contribution is 2.20. The number of aryl methyl sites for hydroxylation is 2. The Morgan fingerprint density at radius 2 is 2.05 bits per heavy atom. The van der Waals surface area contributed by atoms with Gasteiger partial charge >= 0.3 is 0 Å². The van der Waals surface area contributed by atoms with E-state index in [0.717, 1.165) is 29.4 Å². The largest absolute Gasteiger partial charge is 0.271 e. The van der Waals surface area contributed by atoms with Gasteiger partial charge in [-0.05, 0) is 44.0 Å². The zero-order chi connectivity index (χ0) is 13.8. The van der Waals surface area contributed by atoms with Crippen molar-refractivity contribution in [2.45, 2.75) is 32.9 Å². The Morgan fingerprint density at radius 3 is 2.63 bits per heavy atom. The molecule has 0 amide bonds. The Hall–Kier alpha value is -1.36. The van der Waals surface area contributed by atoms with Gasteiger partial charge in [0.1, 0.15) is 0 Å². The van der Waals surface area contributed by atoms with Crippen molar-refractivity contribution in [1.29, 1.82) is 0 Å². The minimum absolute atomic E-state index is 0.0438. The molecule has 0 aliphatic rings. The fourth-order valence-electron chi connectivity index (χ4n) is 2.20. The van der Waals surface area contributed by atoms with Crippen LogP contribution < -0.4 is 11.3 Å². The van der Waals surface area contributed by atoms with Crippen molar-refractivity contribution in [3.05, 3.63) is 52.3 Å². The van der Waals surface area contributed by atoms with Crippen molar-refractivity contribution in [3.8, 4) is 0 Å². The average Bonchev–Trinajstić information content (AvgIpc) is 2.79. The van der Waals surface area contributed by atoms with Crippen LogP contribution in [0.5, 0.6) is 0 Å². The zero-order valence-corrected chi connectivity index (χ0v) is 12.0. The lowest BCUT2D eigenvalue weighted by atomic mass is 10.0. The van der Waals surface area contributed by atoms with Gasteiger partial charge in [0.2, 0.25) is 0 Å². The Balaban J connectivity index is 2.22. The molecular weight excluding hydrogens is 260 g/mol. The molecule has 0 spiro atoms. The molecule has 102 valence electrons. The molecule has 0 saturated carbocycles. The minimum atomic E-state index is 0.0438. The maximum atomic E-state index is 5.90. The van der Waals surface area contributed by atoms with Crippen LogP contribution in [0.1, 0.15) is 29.9 Å². The lowest BCUT2D eigenvalue weighted by molar-refractivity contribution is 0.490. The third-order valence-electron chi connectivity index (χ3n) is 3.14. The van der Waals surface area contributed by atoms with Gasteiger partial charge in [-0.25, -0.2) is 0 Å². The Labute approximate surface area is 118 Å². The third kappa shape index (κ3) is 3.35. The summed E-state index contributed by atoms with van der Waals surface area (Å²) in [4.78, 5) is 0. The second kappa shape index (κ2) is 6.19. The number of aromatic nitrogens is 2. The van der Waals surface area contributed by atoms with Crippen LogP contribution in [-0.2, 0) is 13.0 Å². The molecule has 2 aromatic rings. The summed E-state index contributed by atoms with van der Waals surface area (Å²) >= 11 is 5.90. The molecule has 1 unspecified atom stereocenters. The molecule has 3 N–H and O–H groups in total. The van der Waals surface area contributed by atoms with Crippen LogP contribution in [0, 0.1) is 6.92 Å². The second-order valence-corrected chi connectivity index (χ2v) is 5.01. The first-order chi connectivity index (χ1) is 9.13. The van der Waals surface area contributed by atoms with Crippen molar-refractivity contribution in [1.82, 2.24) is 15.2 Å².